The number of aliphatic hydroxyl groups excluding tert-OH is 1. The van der Waals surface area contributed by atoms with Crippen molar-refractivity contribution in [3.05, 3.63) is 41.8 Å². The second-order valence-electron chi connectivity index (χ2n) is 6.84. The third-order valence-electron chi connectivity index (χ3n) is 4.74. The zero-order valence-corrected chi connectivity index (χ0v) is 18.3. The van der Waals surface area contributed by atoms with Crippen LogP contribution in [0.5, 0.6) is 0 Å². The normalized spacial score (nSPS) is 19.6. The van der Waals surface area contributed by atoms with Crippen molar-refractivity contribution in [3.63, 3.8) is 0 Å². The summed E-state index contributed by atoms with van der Waals surface area (Å²) in [6.07, 6.45) is 4.53. The highest BCUT2D eigenvalue weighted by molar-refractivity contribution is 14.0. The highest BCUT2D eigenvalue weighted by Crippen LogP contribution is 2.24. The molecule has 1 aromatic carbocycles. The molecule has 0 amide bonds. The number of aliphatic imine (C=N–C) groups is 1. The van der Waals surface area contributed by atoms with Gasteiger partial charge in [-0.1, -0.05) is 24.1 Å². The van der Waals surface area contributed by atoms with Gasteiger partial charge >= 0.3 is 0 Å². The SMILES string of the molecule is CCNC(=NCc1coc(-c2ccc(C)cc2)n1)NCC1CCCC1O.I. The van der Waals surface area contributed by atoms with Crippen molar-refractivity contribution >= 4 is 29.9 Å². The van der Waals surface area contributed by atoms with Crippen LogP contribution in [0.1, 0.15) is 37.4 Å². The molecule has 1 aliphatic carbocycles. The van der Waals surface area contributed by atoms with E-state index in [0.717, 1.165) is 49.6 Å². The summed E-state index contributed by atoms with van der Waals surface area (Å²) >= 11 is 0. The van der Waals surface area contributed by atoms with Gasteiger partial charge in [0, 0.05) is 24.6 Å². The monoisotopic (exact) mass is 484 g/mol. The molecular weight excluding hydrogens is 455 g/mol. The van der Waals surface area contributed by atoms with Gasteiger partial charge in [-0.15, -0.1) is 24.0 Å². The van der Waals surface area contributed by atoms with Gasteiger partial charge in [-0.05, 0) is 38.8 Å². The Morgan fingerprint density at radius 3 is 2.70 bits per heavy atom. The van der Waals surface area contributed by atoms with Crippen molar-refractivity contribution in [3.8, 4) is 11.5 Å². The molecule has 7 heteroatoms. The van der Waals surface area contributed by atoms with Crippen molar-refractivity contribution in [1.29, 1.82) is 0 Å². The number of hydrogen-bond donors (Lipinski definition) is 3. The lowest BCUT2D eigenvalue weighted by molar-refractivity contribution is 0.134. The number of hydrogen-bond acceptors (Lipinski definition) is 4. The van der Waals surface area contributed by atoms with E-state index >= 15 is 0 Å². The summed E-state index contributed by atoms with van der Waals surface area (Å²) in [5.74, 6) is 1.66. The molecule has 0 spiro atoms. The Kier molecular flexibility index (Phi) is 8.56. The molecule has 0 aliphatic heterocycles. The van der Waals surface area contributed by atoms with Crippen LogP contribution in [-0.2, 0) is 6.54 Å². The van der Waals surface area contributed by atoms with Gasteiger partial charge in [0.1, 0.15) is 12.0 Å². The second-order valence-corrected chi connectivity index (χ2v) is 6.84. The van der Waals surface area contributed by atoms with Crippen LogP contribution in [0.2, 0.25) is 0 Å². The first-order valence-electron chi connectivity index (χ1n) is 9.37. The molecule has 0 saturated heterocycles. The summed E-state index contributed by atoms with van der Waals surface area (Å²) in [6, 6.07) is 8.10. The van der Waals surface area contributed by atoms with Crippen LogP contribution in [0.25, 0.3) is 11.5 Å². The van der Waals surface area contributed by atoms with E-state index in [-0.39, 0.29) is 30.1 Å². The summed E-state index contributed by atoms with van der Waals surface area (Å²) in [5.41, 5.74) is 2.96. The van der Waals surface area contributed by atoms with E-state index in [9.17, 15) is 5.11 Å². The first-order chi connectivity index (χ1) is 12.7. The van der Waals surface area contributed by atoms with Crippen molar-refractivity contribution < 1.29 is 9.52 Å². The predicted octanol–water partition coefficient (Wildman–Crippen LogP) is 3.48. The minimum absolute atomic E-state index is 0. The standard InChI is InChI=1S/C20H28N4O2.HI/c1-3-21-20(22-11-16-5-4-6-18(16)25)23-12-17-13-26-19(24-17)15-9-7-14(2)8-10-15;/h7-10,13,16,18,25H,3-6,11-12H2,1-2H3,(H2,21,22,23);1H. The predicted molar refractivity (Wildman–Crippen MR) is 118 cm³/mol. The summed E-state index contributed by atoms with van der Waals surface area (Å²) < 4.78 is 5.58. The third-order valence-corrected chi connectivity index (χ3v) is 4.74. The zero-order valence-electron chi connectivity index (χ0n) is 15.9. The number of aryl methyl sites for hydroxylation is 1. The topological polar surface area (TPSA) is 82.7 Å². The molecule has 2 atom stereocenters. The van der Waals surface area contributed by atoms with Gasteiger partial charge in [0.25, 0.3) is 0 Å². The number of rotatable bonds is 6. The number of nitrogens with one attached hydrogen (secondary N) is 2. The fourth-order valence-corrected chi connectivity index (χ4v) is 3.19. The van der Waals surface area contributed by atoms with E-state index in [1.54, 1.807) is 6.26 Å². The van der Waals surface area contributed by atoms with Crippen LogP contribution in [0.3, 0.4) is 0 Å². The summed E-state index contributed by atoms with van der Waals surface area (Å²) in [6.45, 7) is 6.05. The largest absolute Gasteiger partial charge is 0.444 e. The maximum absolute atomic E-state index is 9.95. The number of guanidine groups is 1. The van der Waals surface area contributed by atoms with E-state index in [0.29, 0.717) is 18.4 Å². The lowest BCUT2D eigenvalue weighted by Gasteiger charge is -2.17. The second kappa shape index (κ2) is 10.7. The molecule has 1 aromatic heterocycles. The van der Waals surface area contributed by atoms with E-state index in [4.69, 9.17) is 4.42 Å². The van der Waals surface area contributed by atoms with Gasteiger partial charge in [0.15, 0.2) is 5.96 Å². The number of oxazole rings is 1. The first kappa shape index (κ1) is 21.7. The maximum atomic E-state index is 9.95. The molecule has 0 bridgehead atoms. The van der Waals surface area contributed by atoms with Crippen LogP contribution in [0.15, 0.2) is 39.9 Å². The minimum Gasteiger partial charge on any atom is -0.444 e. The van der Waals surface area contributed by atoms with E-state index in [1.807, 2.05) is 31.2 Å². The molecule has 1 heterocycles. The summed E-state index contributed by atoms with van der Waals surface area (Å²) in [7, 11) is 0. The lowest BCUT2D eigenvalue weighted by Crippen LogP contribution is -2.41. The minimum atomic E-state index is -0.196. The summed E-state index contributed by atoms with van der Waals surface area (Å²) in [4.78, 5) is 9.10. The Balaban J connectivity index is 0.00000261. The number of aromatic nitrogens is 1. The van der Waals surface area contributed by atoms with Crippen LogP contribution in [0, 0.1) is 12.8 Å². The molecule has 2 unspecified atom stereocenters. The quantitative estimate of drug-likeness (QED) is 0.332. The number of nitrogens with zero attached hydrogens (tertiary/aromatic N) is 2. The molecule has 3 rings (SSSR count). The van der Waals surface area contributed by atoms with Gasteiger partial charge in [0.05, 0.1) is 12.6 Å². The molecule has 1 aliphatic rings. The van der Waals surface area contributed by atoms with Crippen LogP contribution < -0.4 is 10.6 Å². The van der Waals surface area contributed by atoms with Crippen molar-refractivity contribution in [2.75, 3.05) is 13.1 Å². The Morgan fingerprint density at radius 2 is 2.04 bits per heavy atom. The Labute approximate surface area is 177 Å². The maximum Gasteiger partial charge on any atom is 0.226 e. The van der Waals surface area contributed by atoms with E-state index in [2.05, 4.69) is 27.5 Å². The van der Waals surface area contributed by atoms with E-state index < -0.39 is 0 Å². The molecule has 6 nitrogen and oxygen atoms in total. The van der Waals surface area contributed by atoms with Gasteiger partial charge in [0.2, 0.25) is 5.89 Å². The smallest absolute Gasteiger partial charge is 0.226 e. The first-order valence-corrected chi connectivity index (χ1v) is 9.37. The Hall–Kier alpha value is -1.61. The molecule has 27 heavy (non-hydrogen) atoms. The average Bonchev–Trinajstić information content (AvgIpc) is 3.27. The number of halogens is 1. The molecule has 2 aromatic rings. The molecule has 1 saturated carbocycles. The zero-order chi connectivity index (χ0) is 18.4. The molecule has 1 fully saturated rings. The highest BCUT2D eigenvalue weighted by atomic mass is 127. The number of benzene rings is 1. The third kappa shape index (κ3) is 6.21. The fraction of sp³-hybridized carbons (Fsp3) is 0.500. The van der Waals surface area contributed by atoms with Gasteiger partial charge in [-0.2, -0.15) is 0 Å². The Morgan fingerprint density at radius 1 is 1.26 bits per heavy atom. The van der Waals surface area contributed by atoms with Crippen molar-refractivity contribution in [2.45, 2.75) is 45.8 Å². The Bertz CT molecular complexity index is 730. The average molecular weight is 484 g/mol. The van der Waals surface area contributed by atoms with Gasteiger partial charge in [-0.25, -0.2) is 9.98 Å². The van der Waals surface area contributed by atoms with E-state index in [1.165, 1.54) is 5.56 Å². The lowest BCUT2D eigenvalue weighted by atomic mass is 10.1. The highest BCUT2D eigenvalue weighted by Gasteiger charge is 2.24. The molecule has 148 valence electrons. The van der Waals surface area contributed by atoms with Crippen LogP contribution in [-0.4, -0.2) is 35.2 Å². The molecule has 3 N–H and O–H groups in total. The van der Waals surface area contributed by atoms with Crippen LogP contribution >= 0.6 is 24.0 Å². The van der Waals surface area contributed by atoms with Crippen LogP contribution in [0.4, 0.5) is 0 Å². The fourth-order valence-electron chi connectivity index (χ4n) is 3.19. The van der Waals surface area contributed by atoms with Crippen molar-refractivity contribution in [2.24, 2.45) is 10.9 Å². The summed E-state index contributed by atoms with van der Waals surface area (Å²) in [5, 5.41) is 16.5. The molecular formula is C20H29IN4O2. The van der Waals surface area contributed by atoms with Gasteiger partial charge < -0.3 is 20.2 Å². The number of aliphatic hydroxyl groups is 1. The van der Waals surface area contributed by atoms with Crippen molar-refractivity contribution in [1.82, 2.24) is 15.6 Å². The van der Waals surface area contributed by atoms with Gasteiger partial charge in [-0.3, -0.25) is 0 Å². The molecule has 0 radical (unpaired) electrons.